The zero-order valence-corrected chi connectivity index (χ0v) is 12.8. The smallest absolute Gasteiger partial charge is 0.396 e. The molecule has 0 fully saturated rings. The molecule has 1 aromatic carbocycles. The first-order valence-corrected chi connectivity index (χ1v) is 6.86. The number of aliphatic hydroxyl groups excluding tert-OH is 1. The monoisotopic (exact) mass is 369 g/mol. The van der Waals surface area contributed by atoms with E-state index in [1.807, 2.05) is 0 Å². The number of carbonyl (C=O) groups is 1. The molecule has 0 bridgehead atoms. The average Bonchev–Trinajstić information content (AvgIpc) is 2.38. The Kier molecular flexibility index (Phi) is 6.63. The summed E-state index contributed by atoms with van der Waals surface area (Å²) in [6.45, 7) is -0.106. The van der Waals surface area contributed by atoms with Crippen molar-refractivity contribution in [3.63, 3.8) is 0 Å². The number of benzene rings is 1. The number of hydrogen-bond acceptors (Lipinski definition) is 3. The van der Waals surface area contributed by atoms with Crippen LogP contribution in [-0.4, -0.2) is 37.4 Å². The minimum atomic E-state index is -4.63. The van der Waals surface area contributed by atoms with Crippen molar-refractivity contribution in [2.75, 3.05) is 20.3 Å². The topological polar surface area (TPSA) is 58.6 Å². The lowest BCUT2D eigenvalue weighted by molar-refractivity contribution is -0.138. The van der Waals surface area contributed by atoms with Crippen molar-refractivity contribution >= 4 is 21.8 Å². The van der Waals surface area contributed by atoms with Crippen molar-refractivity contribution in [3.05, 3.63) is 33.8 Å². The van der Waals surface area contributed by atoms with Crippen molar-refractivity contribution in [2.24, 2.45) is 0 Å². The molecule has 0 heterocycles. The van der Waals surface area contributed by atoms with Crippen molar-refractivity contribution < 1.29 is 27.8 Å². The van der Waals surface area contributed by atoms with Gasteiger partial charge in [0, 0.05) is 18.2 Å². The third-order valence-electron chi connectivity index (χ3n) is 2.71. The summed E-state index contributed by atoms with van der Waals surface area (Å²) in [5.41, 5.74) is -1.49. The third kappa shape index (κ3) is 5.29. The lowest BCUT2D eigenvalue weighted by Gasteiger charge is -2.19. The van der Waals surface area contributed by atoms with E-state index in [2.05, 4.69) is 21.2 Å². The molecule has 1 aromatic rings. The molecule has 1 rings (SSSR count). The fraction of sp³-hybridized carbons (Fsp3) is 0.462. The van der Waals surface area contributed by atoms with Crippen LogP contribution in [0.1, 0.15) is 22.3 Å². The maximum Gasteiger partial charge on any atom is 0.417 e. The average molecular weight is 370 g/mol. The summed E-state index contributed by atoms with van der Waals surface area (Å²) in [5.74, 6) is -0.856. The lowest BCUT2D eigenvalue weighted by Crippen LogP contribution is -2.39. The molecule has 0 aliphatic heterocycles. The lowest BCUT2D eigenvalue weighted by atomic mass is 10.1. The molecule has 1 amide bonds. The van der Waals surface area contributed by atoms with Gasteiger partial charge in [0.05, 0.1) is 23.8 Å². The number of aliphatic hydroxyl groups is 1. The van der Waals surface area contributed by atoms with Gasteiger partial charge >= 0.3 is 6.18 Å². The van der Waals surface area contributed by atoms with Gasteiger partial charge in [-0.25, -0.2) is 0 Å². The highest BCUT2D eigenvalue weighted by Gasteiger charge is 2.35. The number of alkyl halides is 3. The molecule has 0 saturated heterocycles. The summed E-state index contributed by atoms with van der Waals surface area (Å²) in [6, 6.07) is 2.76. The van der Waals surface area contributed by atoms with Gasteiger partial charge < -0.3 is 15.2 Å². The second kappa shape index (κ2) is 7.77. The Morgan fingerprint density at radius 3 is 2.67 bits per heavy atom. The molecular weight excluding hydrogens is 355 g/mol. The summed E-state index contributed by atoms with van der Waals surface area (Å²) < 4.78 is 44.0. The number of nitrogens with one attached hydrogen (secondary N) is 1. The summed E-state index contributed by atoms with van der Waals surface area (Å²) in [4.78, 5) is 12.0. The summed E-state index contributed by atoms with van der Waals surface area (Å²) in [6.07, 6.45) is -4.44. The zero-order chi connectivity index (χ0) is 16.0. The molecule has 118 valence electrons. The predicted octanol–water partition coefficient (Wildman–Crippen LogP) is 2.60. The van der Waals surface area contributed by atoms with Crippen molar-refractivity contribution in [3.8, 4) is 0 Å². The van der Waals surface area contributed by atoms with Crippen LogP contribution in [0.3, 0.4) is 0 Å². The molecule has 0 aliphatic rings. The van der Waals surface area contributed by atoms with Crippen LogP contribution in [0.4, 0.5) is 13.2 Å². The number of carbonyl (C=O) groups excluding carboxylic acids is 1. The Balaban J connectivity index is 3.01. The predicted molar refractivity (Wildman–Crippen MR) is 74.0 cm³/mol. The van der Waals surface area contributed by atoms with E-state index in [9.17, 15) is 18.0 Å². The minimum Gasteiger partial charge on any atom is -0.396 e. The van der Waals surface area contributed by atoms with E-state index < -0.39 is 29.3 Å². The van der Waals surface area contributed by atoms with Crippen molar-refractivity contribution in [1.82, 2.24) is 5.32 Å². The van der Waals surface area contributed by atoms with E-state index in [1.54, 1.807) is 0 Å². The molecule has 4 nitrogen and oxygen atoms in total. The molecule has 1 unspecified atom stereocenters. The fourth-order valence-electron chi connectivity index (χ4n) is 1.77. The Morgan fingerprint density at radius 1 is 1.48 bits per heavy atom. The molecule has 0 saturated carbocycles. The number of ether oxygens (including phenoxy) is 1. The van der Waals surface area contributed by atoms with E-state index >= 15 is 0 Å². The Morgan fingerprint density at radius 2 is 2.14 bits per heavy atom. The molecule has 0 spiro atoms. The van der Waals surface area contributed by atoms with Gasteiger partial charge in [-0.1, -0.05) is 15.9 Å². The number of rotatable bonds is 6. The van der Waals surface area contributed by atoms with Crippen LogP contribution < -0.4 is 5.32 Å². The molecule has 8 heteroatoms. The number of amides is 1. The van der Waals surface area contributed by atoms with Gasteiger partial charge in [-0.15, -0.1) is 0 Å². The third-order valence-corrected chi connectivity index (χ3v) is 3.21. The fourth-order valence-corrected chi connectivity index (χ4v) is 2.13. The highest BCUT2D eigenvalue weighted by molar-refractivity contribution is 9.10. The van der Waals surface area contributed by atoms with Crippen LogP contribution in [0, 0.1) is 0 Å². The summed E-state index contributed by atoms with van der Waals surface area (Å²) in [7, 11) is 1.40. The summed E-state index contributed by atoms with van der Waals surface area (Å²) in [5, 5.41) is 11.3. The molecule has 0 radical (unpaired) electrons. The van der Waals surface area contributed by atoms with Gasteiger partial charge in [-0.3, -0.25) is 4.79 Å². The molecule has 2 N–H and O–H groups in total. The first-order valence-electron chi connectivity index (χ1n) is 6.07. The van der Waals surface area contributed by atoms with Crippen LogP contribution in [0.25, 0.3) is 0 Å². The first kappa shape index (κ1) is 17.9. The van der Waals surface area contributed by atoms with Crippen LogP contribution in [0.2, 0.25) is 0 Å². The molecule has 0 aromatic heterocycles. The highest BCUT2D eigenvalue weighted by atomic mass is 79.9. The molecule has 21 heavy (non-hydrogen) atoms. The highest BCUT2D eigenvalue weighted by Crippen LogP contribution is 2.33. The van der Waals surface area contributed by atoms with Crippen LogP contribution >= 0.6 is 15.9 Å². The minimum absolute atomic E-state index is 0.101. The standard InChI is InChI=1S/C13H15BrF3NO3/c1-21-7-9(4-5-19)18-12(20)10-3-2-8(14)6-11(10)13(15,16)17/h2-3,6,9,19H,4-5,7H2,1H3,(H,18,20). The van der Waals surface area contributed by atoms with Gasteiger partial charge in [0.1, 0.15) is 0 Å². The van der Waals surface area contributed by atoms with Gasteiger partial charge in [0.25, 0.3) is 5.91 Å². The van der Waals surface area contributed by atoms with Crippen LogP contribution in [0.5, 0.6) is 0 Å². The SMILES string of the molecule is COCC(CCO)NC(=O)c1ccc(Br)cc1C(F)(F)F. The number of methoxy groups -OCH3 is 1. The van der Waals surface area contributed by atoms with Crippen molar-refractivity contribution in [1.29, 1.82) is 0 Å². The van der Waals surface area contributed by atoms with Gasteiger partial charge in [0.15, 0.2) is 0 Å². The number of hydrogen-bond donors (Lipinski definition) is 2. The Labute approximate surface area is 128 Å². The Hall–Kier alpha value is -1.12. The molecule has 0 aliphatic carbocycles. The first-order chi connectivity index (χ1) is 9.79. The van der Waals surface area contributed by atoms with Gasteiger partial charge in [0.2, 0.25) is 0 Å². The maximum absolute atomic E-state index is 13.0. The quantitative estimate of drug-likeness (QED) is 0.810. The van der Waals surface area contributed by atoms with Crippen molar-refractivity contribution in [2.45, 2.75) is 18.6 Å². The zero-order valence-electron chi connectivity index (χ0n) is 11.2. The van der Waals surface area contributed by atoms with E-state index in [0.29, 0.717) is 0 Å². The number of halogens is 4. The largest absolute Gasteiger partial charge is 0.417 e. The maximum atomic E-state index is 13.0. The normalized spacial score (nSPS) is 13.0. The van der Waals surface area contributed by atoms with E-state index in [0.717, 1.165) is 12.1 Å². The van der Waals surface area contributed by atoms with E-state index in [4.69, 9.17) is 9.84 Å². The summed E-state index contributed by atoms with van der Waals surface area (Å²) >= 11 is 2.95. The van der Waals surface area contributed by atoms with Gasteiger partial charge in [-0.05, 0) is 24.6 Å². The Bertz CT molecular complexity index is 488. The van der Waals surface area contributed by atoms with Crippen LogP contribution in [-0.2, 0) is 10.9 Å². The van der Waals surface area contributed by atoms with E-state index in [1.165, 1.54) is 13.2 Å². The van der Waals surface area contributed by atoms with Gasteiger partial charge in [-0.2, -0.15) is 13.2 Å². The second-order valence-corrected chi connectivity index (χ2v) is 5.24. The second-order valence-electron chi connectivity index (χ2n) is 4.33. The molecular formula is C13H15BrF3NO3. The molecule has 1 atom stereocenters. The van der Waals surface area contributed by atoms with Crippen LogP contribution in [0.15, 0.2) is 22.7 Å². The van der Waals surface area contributed by atoms with E-state index in [-0.39, 0.29) is 24.1 Å².